The number of amides is 1. The molecule has 7 aromatic rings. The van der Waals surface area contributed by atoms with E-state index in [-0.39, 0.29) is 11.7 Å². The van der Waals surface area contributed by atoms with E-state index in [1.54, 1.807) is 24.4 Å². The number of aryl methyl sites for hydroxylation is 2. The third-order valence-corrected chi connectivity index (χ3v) is 8.54. The van der Waals surface area contributed by atoms with Crippen LogP contribution in [-0.2, 0) is 25.8 Å². The summed E-state index contributed by atoms with van der Waals surface area (Å²) in [5, 5.41) is 13.7. The number of fused-ring (bicyclic) bond motifs is 1. The summed E-state index contributed by atoms with van der Waals surface area (Å²) in [7, 11) is 0. The summed E-state index contributed by atoms with van der Waals surface area (Å²) in [5.41, 5.74) is 5.88. The molecule has 0 spiro atoms. The van der Waals surface area contributed by atoms with Gasteiger partial charge < -0.3 is 14.9 Å². The van der Waals surface area contributed by atoms with Crippen molar-refractivity contribution in [3.8, 4) is 0 Å². The van der Waals surface area contributed by atoms with Crippen molar-refractivity contribution < 1.29 is 9.59 Å². The van der Waals surface area contributed by atoms with Crippen LogP contribution in [0.1, 0.15) is 60.8 Å². The second-order valence-electron chi connectivity index (χ2n) is 11.7. The van der Waals surface area contributed by atoms with Crippen molar-refractivity contribution in [1.29, 1.82) is 0 Å². The number of nitrogens with one attached hydrogen (secondary N) is 2. The lowest BCUT2D eigenvalue weighted by atomic mass is 10.0. The van der Waals surface area contributed by atoms with Gasteiger partial charge in [0.1, 0.15) is 11.5 Å². The molecule has 8 nitrogen and oxygen atoms in total. The van der Waals surface area contributed by atoms with Gasteiger partial charge in [-0.2, -0.15) is 0 Å². The van der Waals surface area contributed by atoms with Crippen LogP contribution in [0.5, 0.6) is 0 Å². The summed E-state index contributed by atoms with van der Waals surface area (Å²) in [5.74, 6) is 1.16. The van der Waals surface area contributed by atoms with E-state index in [9.17, 15) is 9.59 Å². The Morgan fingerprint density at radius 3 is 2.19 bits per heavy atom. The number of carbonyl (C=O) groups excluding carboxylic acids is 2. The van der Waals surface area contributed by atoms with E-state index in [1.807, 2.05) is 97.2 Å². The highest BCUT2D eigenvalue weighted by atomic mass is 16.2. The molecule has 1 atom stereocenters. The van der Waals surface area contributed by atoms with Crippen molar-refractivity contribution in [3.63, 3.8) is 0 Å². The highest BCUT2D eigenvalue weighted by molar-refractivity contribution is 6.08. The molecule has 0 fully saturated rings. The first-order valence-corrected chi connectivity index (χ1v) is 16.0. The van der Waals surface area contributed by atoms with Crippen LogP contribution in [-0.4, -0.2) is 36.4 Å². The quantitative estimate of drug-likeness (QED) is 0.142. The van der Waals surface area contributed by atoms with Crippen molar-refractivity contribution in [2.75, 3.05) is 0 Å². The molecule has 2 N–H and O–H groups in total. The van der Waals surface area contributed by atoms with E-state index < -0.39 is 6.04 Å². The molecule has 0 saturated heterocycles. The van der Waals surface area contributed by atoms with Gasteiger partial charge in [-0.05, 0) is 41.3 Å². The molecule has 0 saturated carbocycles. The summed E-state index contributed by atoms with van der Waals surface area (Å²) in [6.45, 7) is 0.468. The SMILES string of the molecule is O=C(c1ccccc1)c1ccc(Cn2c(CCc3ccccc3)nnc2[C@@H](Cc2c[nH]c3ccccc23)NC(=O)c2ccccn2)cc1. The highest BCUT2D eigenvalue weighted by Crippen LogP contribution is 2.26. The standard InChI is InChI=1S/C40H34N6O2/c47-38(30-13-5-2-6-14-30)31-21-18-29(19-22-31)27-46-37(23-20-28-11-3-1-4-12-28)44-45-39(46)36(43-40(48)35-17-9-10-24-41-35)25-32-26-42-34-16-8-7-15-33(32)34/h1-19,21-22,24,26,36,42H,20,23,25,27H2,(H,43,48)/t36-/m1/s1. The van der Waals surface area contributed by atoms with Crippen LogP contribution in [0, 0.1) is 0 Å². The van der Waals surface area contributed by atoms with Crippen molar-refractivity contribution in [2.45, 2.75) is 31.8 Å². The Balaban J connectivity index is 1.24. The minimum absolute atomic E-state index is 0.0216. The van der Waals surface area contributed by atoms with Gasteiger partial charge in [0.15, 0.2) is 11.6 Å². The Morgan fingerprint density at radius 1 is 0.708 bits per heavy atom. The Bertz CT molecular complexity index is 2140. The monoisotopic (exact) mass is 630 g/mol. The lowest BCUT2D eigenvalue weighted by Crippen LogP contribution is -2.33. The van der Waals surface area contributed by atoms with E-state index >= 15 is 0 Å². The van der Waals surface area contributed by atoms with Gasteiger partial charge in [0, 0.05) is 47.3 Å². The van der Waals surface area contributed by atoms with Gasteiger partial charge in [-0.3, -0.25) is 14.6 Å². The van der Waals surface area contributed by atoms with Crippen molar-refractivity contribution in [2.24, 2.45) is 0 Å². The predicted octanol–water partition coefficient (Wildman–Crippen LogP) is 6.93. The Labute approximate surface area is 278 Å². The minimum atomic E-state index is -0.504. The van der Waals surface area contributed by atoms with Gasteiger partial charge in [-0.1, -0.05) is 109 Å². The maximum atomic E-state index is 13.6. The number of carbonyl (C=O) groups is 2. The summed E-state index contributed by atoms with van der Waals surface area (Å²) in [6, 6.07) is 40.2. The number of aromatic amines is 1. The smallest absolute Gasteiger partial charge is 0.270 e. The zero-order valence-corrected chi connectivity index (χ0v) is 26.3. The van der Waals surface area contributed by atoms with Gasteiger partial charge in [0.25, 0.3) is 5.91 Å². The summed E-state index contributed by atoms with van der Waals surface area (Å²) < 4.78 is 2.11. The Kier molecular flexibility index (Phi) is 8.95. The van der Waals surface area contributed by atoms with E-state index in [0.717, 1.165) is 34.3 Å². The largest absolute Gasteiger partial charge is 0.361 e. The van der Waals surface area contributed by atoms with Gasteiger partial charge in [-0.25, -0.2) is 0 Å². The number of H-pyrrole nitrogens is 1. The average Bonchev–Trinajstić information content (AvgIpc) is 3.75. The number of benzene rings is 4. The first-order chi connectivity index (χ1) is 23.6. The minimum Gasteiger partial charge on any atom is -0.361 e. The highest BCUT2D eigenvalue weighted by Gasteiger charge is 2.26. The number of pyridine rings is 1. The third kappa shape index (κ3) is 6.83. The topological polar surface area (TPSA) is 106 Å². The van der Waals surface area contributed by atoms with Crippen molar-refractivity contribution in [3.05, 3.63) is 185 Å². The molecular weight excluding hydrogens is 596 g/mol. The molecule has 3 aromatic heterocycles. The molecule has 4 aromatic carbocycles. The van der Waals surface area contributed by atoms with E-state index in [2.05, 4.69) is 43.1 Å². The Hall–Kier alpha value is -6.15. The maximum absolute atomic E-state index is 13.6. The van der Waals surface area contributed by atoms with Gasteiger partial charge in [-0.15, -0.1) is 10.2 Å². The number of hydrogen-bond donors (Lipinski definition) is 2. The van der Waals surface area contributed by atoms with Gasteiger partial charge in [0.05, 0.1) is 12.6 Å². The number of aromatic nitrogens is 5. The molecule has 0 aliphatic heterocycles. The molecule has 0 aliphatic carbocycles. The molecule has 236 valence electrons. The third-order valence-electron chi connectivity index (χ3n) is 8.54. The van der Waals surface area contributed by atoms with Crippen LogP contribution in [0.25, 0.3) is 10.9 Å². The first-order valence-electron chi connectivity index (χ1n) is 16.0. The molecule has 1 amide bonds. The number of para-hydroxylation sites is 1. The molecule has 48 heavy (non-hydrogen) atoms. The van der Waals surface area contributed by atoms with Crippen LogP contribution in [0.4, 0.5) is 0 Å². The van der Waals surface area contributed by atoms with E-state index in [0.29, 0.717) is 42.0 Å². The van der Waals surface area contributed by atoms with Crippen molar-refractivity contribution >= 4 is 22.6 Å². The van der Waals surface area contributed by atoms with Gasteiger partial charge >= 0.3 is 0 Å². The average molecular weight is 631 g/mol. The zero-order valence-electron chi connectivity index (χ0n) is 26.3. The van der Waals surface area contributed by atoms with Crippen LogP contribution < -0.4 is 5.32 Å². The summed E-state index contributed by atoms with van der Waals surface area (Å²) in [4.78, 5) is 34.3. The predicted molar refractivity (Wildman–Crippen MR) is 186 cm³/mol. The molecule has 0 unspecified atom stereocenters. The van der Waals surface area contributed by atoms with Crippen molar-refractivity contribution in [1.82, 2.24) is 30.0 Å². The fraction of sp³-hybridized carbons (Fsp3) is 0.125. The lowest BCUT2D eigenvalue weighted by molar-refractivity contribution is 0.0928. The molecule has 3 heterocycles. The molecule has 7 rings (SSSR count). The molecule has 8 heteroatoms. The van der Waals surface area contributed by atoms with Gasteiger partial charge in [0.2, 0.25) is 0 Å². The second-order valence-corrected chi connectivity index (χ2v) is 11.7. The first kappa shape index (κ1) is 30.5. The van der Waals surface area contributed by atoms with Crippen LogP contribution >= 0.6 is 0 Å². The van der Waals surface area contributed by atoms with E-state index in [1.165, 1.54) is 5.56 Å². The van der Waals surface area contributed by atoms with E-state index in [4.69, 9.17) is 5.10 Å². The lowest BCUT2D eigenvalue weighted by Gasteiger charge is -2.20. The number of ketones is 1. The molecule has 0 aliphatic rings. The molecule has 0 bridgehead atoms. The second kappa shape index (κ2) is 14.1. The fourth-order valence-corrected chi connectivity index (χ4v) is 6.02. The number of hydrogen-bond acceptors (Lipinski definition) is 5. The molecular formula is C40H34N6O2. The summed E-state index contributed by atoms with van der Waals surface area (Å²) in [6.07, 6.45) is 5.54. The number of nitrogens with zero attached hydrogens (tertiary/aromatic N) is 4. The Morgan fingerprint density at radius 2 is 1.42 bits per heavy atom. The van der Waals surface area contributed by atoms with Crippen LogP contribution in [0.2, 0.25) is 0 Å². The summed E-state index contributed by atoms with van der Waals surface area (Å²) >= 11 is 0. The zero-order chi connectivity index (χ0) is 32.7. The van der Waals surface area contributed by atoms with Crippen LogP contribution in [0.3, 0.4) is 0 Å². The number of rotatable bonds is 12. The fourth-order valence-electron chi connectivity index (χ4n) is 6.02. The van der Waals surface area contributed by atoms with Crippen LogP contribution in [0.15, 0.2) is 140 Å². The molecule has 0 radical (unpaired) electrons. The normalized spacial score (nSPS) is 11.8. The maximum Gasteiger partial charge on any atom is 0.270 e.